The van der Waals surface area contributed by atoms with Crippen molar-refractivity contribution in [3.05, 3.63) is 35.4 Å². The fraction of sp³-hybridized carbons (Fsp3) is 0.500. The van der Waals surface area contributed by atoms with Crippen LogP contribution >= 0.6 is 0 Å². The lowest BCUT2D eigenvalue weighted by Gasteiger charge is -2.22. The molecule has 5 nitrogen and oxygen atoms in total. The van der Waals surface area contributed by atoms with Gasteiger partial charge in [0.2, 0.25) is 0 Å². The molecule has 0 saturated carbocycles. The monoisotopic (exact) mass is 327 g/mol. The first-order valence-corrected chi connectivity index (χ1v) is 7.57. The van der Waals surface area contributed by atoms with Crippen LogP contribution in [0.3, 0.4) is 0 Å². The number of carbonyl (C=O) groups is 2. The van der Waals surface area contributed by atoms with Gasteiger partial charge in [-0.3, -0.25) is 9.59 Å². The van der Waals surface area contributed by atoms with Gasteiger partial charge < -0.3 is 14.8 Å². The lowest BCUT2D eigenvalue weighted by atomic mass is 10.1. The summed E-state index contributed by atoms with van der Waals surface area (Å²) in [5, 5.41) is 2.39. The molecule has 1 atom stereocenters. The van der Waals surface area contributed by atoms with Crippen LogP contribution < -0.4 is 5.32 Å². The summed E-state index contributed by atoms with van der Waals surface area (Å²) in [6.45, 7) is 0.904. The van der Waals surface area contributed by atoms with E-state index in [2.05, 4.69) is 5.32 Å². The molecule has 0 radical (unpaired) electrons. The summed E-state index contributed by atoms with van der Waals surface area (Å²) in [5.41, 5.74) is -0.268. The molecule has 1 aliphatic rings. The first kappa shape index (κ1) is 17.3. The first-order valence-electron chi connectivity index (χ1n) is 7.57. The minimum absolute atomic E-state index is 0.0139. The molecule has 1 aromatic carbocycles. The molecule has 1 aliphatic heterocycles. The van der Waals surface area contributed by atoms with Crippen molar-refractivity contribution in [2.75, 3.05) is 19.8 Å². The van der Waals surface area contributed by atoms with Gasteiger partial charge in [-0.15, -0.1) is 0 Å². The van der Waals surface area contributed by atoms with E-state index < -0.39 is 23.5 Å². The van der Waals surface area contributed by atoms with Crippen molar-refractivity contribution in [1.29, 1.82) is 0 Å². The predicted octanol–water partition coefficient (Wildman–Crippen LogP) is 2.20. The minimum Gasteiger partial charge on any atom is -0.463 e. The number of amides is 1. The third kappa shape index (κ3) is 5.59. The van der Waals surface area contributed by atoms with Crippen LogP contribution in [0.15, 0.2) is 18.2 Å². The molecule has 1 heterocycles. The van der Waals surface area contributed by atoms with Crippen LogP contribution in [0, 0.1) is 11.6 Å². The van der Waals surface area contributed by atoms with E-state index in [0.717, 1.165) is 31.4 Å². The number of benzene rings is 1. The zero-order valence-corrected chi connectivity index (χ0v) is 12.6. The van der Waals surface area contributed by atoms with E-state index in [0.29, 0.717) is 12.7 Å². The Bertz CT molecular complexity index is 559. The molecule has 1 aromatic rings. The largest absolute Gasteiger partial charge is 0.463 e. The summed E-state index contributed by atoms with van der Waals surface area (Å²) in [6, 6.07) is 2.68. The number of hydrogen-bond acceptors (Lipinski definition) is 4. The predicted molar refractivity (Wildman–Crippen MR) is 77.9 cm³/mol. The van der Waals surface area contributed by atoms with E-state index in [9.17, 15) is 18.4 Å². The van der Waals surface area contributed by atoms with E-state index in [4.69, 9.17) is 9.47 Å². The Kier molecular flexibility index (Phi) is 6.46. The van der Waals surface area contributed by atoms with E-state index >= 15 is 0 Å². The Morgan fingerprint density at radius 1 is 1.30 bits per heavy atom. The summed E-state index contributed by atoms with van der Waals surface area (Å²) in [5.74, 6) is -2.86. The average Bonchev–Trinajstić information content (AvgIpc) is 2.53. The molecule has 2 rings (SSSR count). The average molecular weight is 327 g/mol. The highest BCUT2D eigenvalue weighted by atomic mass is 19.1. The number of nitrogens with one attached hydrogen (secondary N) is 1. The maximum absolute atomic E-state index is 13.4. The fourth-order valence-electron chi connectivity index (χ4n) is 2.24. The minimum atomic E-state index is -0.945. The molecule has 23 heavy (non-hydrogen) atoms. The molecule has 0 spiro atoms. The highest BCUT2D eigenvalue weighted by Gasteiger charge is 2.16. The van der Waals surface area contributed by atoms with Gasteiger partial charge in [-0.25, -0.2) is 8.78 Å². The summed E-state index contributed by atoms with van der Waals surface area (Å²) in [6.07, 6.45) is 2.86. The Labute approximate surface area is 133 Å². The molecule has 1 N–H and O–H groups in total. The molecule has 126 valence electrons. The van der Waals surface area contributed by atoms with Gasteiger partial charge in [0.05, 0.1) is 18.1 Å². The summed E-state index contributed by atoms with van der Waals surface area (Å²) in [7, 11) is 0. The van der Waals surface area contributed by atoms with Gasteiger partial charge in [0, 0.05) is 19.2 Å². The summed E-state index contributed by atoms with van der Waals surface area (Å²) >= 11 is 0. The van der Waals surface area contributed by atoms with E-state index in [1.165, 1.54) is 0 Å². The molecule has 0 bridgehead atoms. The topological polar surface area (TPSA) is 64.6 Å². The molecule has 1 fully saturated rings. The second kappa shape index (κ2) is 8.57. The lowest BCUT2D eigenvalue weighted by Crippen LogP contribution is -2.29. The van der Waals surface area contributed by atoms with Gasteiger partial charge in [0.25, 0.3) is 5.91 Å². The van der Waals surface area contributed by atoms with Gasteiger partial charge in [-0.2, -0.15) is 0 Å². The zero-order chi connectivity index (χ0) is 16.7. The number of halogens is 2. The van der Waals surface area contributed by atoms with Crippen LogP contribution in [-0.4, -0.2) is 37.7 Å². The highest BCUT2D eigenvalue weighted by molar-refractivity contribution is 5.94. The molecule has 1 amide bonds. The smallest absolute Gasteiger partial charge is 0.307 e. The Balaban J connectivity index is 1.67. The second-order valence-corrected chi connectivity index (χ2v) is 5.30. The number of hydrogen-bond donors (Lipinski definition) is 1. The molecule has 0 aromatic heterocycles. The summed E-state index contributed by atoms with van der Waals surface area (Å²) < 4.78 is 36.7. The zero-order valence-electron chi connectivity index (χ0n) is 12.6. The number of carbonyl (C=O) groups excluding carboxylic acids is 2. The maximum atomic E-state index is 13.4. The van der Waals surface area contributed by atoms with Gasteiger partial charge in [-0.05, 0) is 31.4 Å². The molecule has 1 saturated heterocycles. The Morgan fingerprint density at radius 3 is 2.83 bits per heavy atom. The third-order valence-electron chi connectivity index (χ3n) is 3.49. The Morgan fingerprint density at radius 2 is 2.13 bits per heavy atom. The van der Waals surface area contributed by atoms with Crippen LogP contribution in [0.1, 0.15) is 36.0 Å². The SMILES string of the molecule is O=C(CCNC(=O)c1ccc(F)cc1F)OCC1CCCCO1. The van der Waals surface area contributed by atoms with Crippen LogP contribution in [0.4, 0.5) is 8.78 Å². The van der Waals surface area contributed by atoms with Crippen LogP contribution in [-0.2, 0) is 14.3 Å². The number of rotatable bonds is 6. The summed E-state index contributed by atoms with van der Waals surface area (Å²) in [4.78, 5) is 23.3. The van der Waals surface area contributed by atoms with Crippen molar-refractivity contribution in [1.82, 2.24) is 5.32 Å². The maximum Gasteiger partial charge on any atom is 0.307 e. The highest BCUT2D eigenvalue weighted by Crippen LogP contribution is 2.13. The first-order chi connectivity index (χ1) is 11.1. The van der Waals surface area contributed by atoms with Crippen LogP contribution in [0.2, 0.25) is 0 Å². The van der Waals surface area contributed by atoms with E-state index in [1.807, 2.05) is 0 Å². The Hall–Kier alpha value is -2.02. The van der Waals surface area contributed by atoms with Crippen molar-refractivity contribution >= 4 is 11.9 Å². The number of esters is 1. The van der Waals surface area contributed by atoms with Crippen LogP contribution in [0.5, 0.6) is 0 Å². The van der Waals surface area contributed by atoms with Crippen molar-refractivity contribution in [3.63, 3.8) is 0 Å². The molecular weight excluding hydrogens is 308 g/mol. The van der Waals surface area contributed by atoms with Gasteiger partial charge >= 0.3 is 5.97 Å². The van der Waals surface area contributed by atoms with Crippen molar-refractivity contribution in [3.8, 4) is 0 Å². The lowest BCUT2D eigenvalue weighted by molar-refractivity contribution is -0.148. The quantitative estimate of drug-likeness (QED) is 0.814. The molecular formula is C16H19F2NO4. The van der Waals surface area contributed by atoms with Crippen molar-refractivity contribution < 1.29 is 27.8 Å². The normalized spacial score (nSPS) is 17.6. The van der Waals surface area contributed by atoms with E-state index in [1.54, 1.807) is 0 Å². The third-order valence-corrected chi connectivity index (χ3v) is 3.49. The fourth-order valence-corrected chi connectivity index (χ4v) is 2.24. The van der Waals surface area contributed by atoms with Crippen molar-refractivity contribution in [2.24, 2.45) is 0 Å². The standard InChI is InChI=1S/C16H19F2NO4/c17-11-4-5-13(14(18)9-11)16(21)19-7-6-15(20)23-10-12-3-1-2-8-22-12/h4-5,9,12H,1-3,6-8,10H2,(H,19,21). The molecule has 0 aliphatic carbocycles. The van der Waals surface area contributed by atoms with Gasteiger partial charge in [-0.1, -0.05) is 0 Å². The van der Waals surface area contributed by atoms with Gasteiger partial charge in [0.15, 0.2) is 0 Å². The van der Waals surface area contributed by atoms with Crippen molar-refractivity contribution in [2.45, 2.75) is 31.8 Å². The van der Waals surface area contributed by atoms with Crippen LogP contribution in [0.25, 0.3) is 0 Å². The molecule has 1 unspecified atom stereocenters. The van der Waals surface area contributed by atoms with Gasteiger partial charge in [0.1, 0.15) is 18.2 Å². The van der Waals surface area contributed by atoms with E-state index in [-0.39, 0.29) is 31.2 Å². The number of ether oxygens (including phenoxy) is 2. The second-order valence-electron chi connectivity index (χ2n) is 5.30. The molecule has 7 heteroatoms.